The molecule has 5 heteroatoms. The second kappa shape index (κ2) is 4.88. The Bertz CT molecular complexity index is 536. The van der Waals surface area contributed by atoms with Gasteiger partial charge >= 0.3 is 0 Å². The third-order valence-corrected chi connectivity index (χ3v) is 2.34. The lowest BCUT2D eigenvalue weighted by atomic mass is 10.1. The van der Waals surface area contributed by atoms with Crippen LogP contribution in [0, 0.1) is 5.82 Å². The highest BCUT2D eigenvalue weighted by molar-refractivity contribution is 6.07. The van der Waals surface area contributed by atoms with Crippen molar-refractivity contribution in [2.75, 3.05) is 6.54 Å². The van der Waals surface area contributed by atoms with E-state index in [0.29, 0.717) is 24.3 Å². The topological polar surface area (TPSA) is 60.9 Å². The van der Waals surface area contributed by atoms with E-state index in [4.69, 9.17) is 5.73 Å². The molecule has 0 aliphatic carbocycles. The fourth-order valence-corrected chi connectivity index (χ4v) is 1.53. The second-order valence-electron chi connectivity index (χ2n) is 3.62. The lowest BCUT2D eigenvalue weighted by Crippen LogP contribution is -2.08. The number of imidazole rings is 1. The van der Waals surface area contributed by atoms with Crippen LogP contribution >= 0.6 is 0 Å². The standard InChI is InChI=1S/C12H12FN3O/c13-10-3-1-2-9(6-10)12(17)11-7-16(5-4-14)8-15-11/h1-3,6-8H,4-5,14H2. The molecule has 4 nitrogen and oxygen atoms in total. The summed E-state index contributed by atoms with van der Waals surface area (Å²) in [7, 11) is 0. The molecule has 0 unspecified atom stereocenters. The van der Waals surface area contributed by atoms with Gasteiger partial charge in [-0.05, 0) is 12.1 Å². The van der Waals surface area contributed by atoms with Gasteiger partial charge in [-0.25, -0.2) is 9.37 Å². The van der Waals surface area contributed by atoms with E-state index in [1.165, 1.54) is 18.2 Å². The summed E-state index contributed by atoms with van der Waals surface area (Å²) >= 11 is 0. The third-order valence-electron chi connectivity index (χ3n) is 2.34. The van der Waals surface area contributed by atoms with Crippen molar-refractivity contribution >= 4 is 5.78 Å². The zero-order valence-corrected chi connectivity index (χ0v) is 9.14. The van der Waals surface area contributed by atoms with Crippen LogP contribution in [0.5, 0.6) is 0 Å². The minimum absolute atomic E-state index is 0.291. The summed E-state index contributed by atoms with van der Waals surface area (Å²) in [6.07, 6.45) is 3.15. The number of halogens is 1. The molecule has 1 aromatic heterocycles. The van der Waals surface area contributed by atoms with Crippen LogP contribution in [0.15, 0.2) is 36.8 Å². The Balaban J connectivity index is 2.24. The minimum atomic E-state index is -0.433. The Hall–Kier alpha value is -2.01. The van der Waals surface area contributed by atoms with Crippen LogP contribution in [0.25, 0.3) is 0 Å². The van der Waals surface area contributed by atoms with E-state index in [2.05, 4.69) is 4.98 Å². The summed E-state index contributed by atoms with van der Waals surface area (Å²) in [5.74, 6) is -0.725. The fraction of sp³-hybridized carbons (Fsp3) is 0.167. The maximum absolute atomic E-state index is 13.0. The highest BCUT2D eigenvalue weighted by Gasteiger charge is 2.12. The van der Waals surface area contributed by atoms with Crippen molar-refractivity contribution in [3.8, 4) is 0 Å². The average molecular weight is 233 g/mol. The number of hydrogen-bond acceptors (Lipinski definition) is 3. The average Bonchev–Trinajstić information content (AvgIpc) is 2.77. The monoisotopic (exact) mass is 233 g/mol. The van der Waals surface area contributed by atoms with Crippen LogP contribution in [-0.4, -0.2) is 21.9 Å². The van der Waals surface area contributed by atoms with Gasteiger partial charge in [0.2, 0.25) is 5.78 Å². The number of benzene rings is 1. The molecule has 17 heavy (non-hydrogen) atoms. The molecule has 0 spiro atoms. The molecule has 0 radical (unpaired) electrons. The van der Waals surface area contributed by atoms with Crippen LogP contribution in [0.3, 0.4) is 0 Å². The molecule has 2 rings (SSSR count). The number of carbonyl (C=O) groups is 1. The molecule has 88 valence electrons. The molecule has 0 aliphatic heterocycles. The van der Waals surface area contributed by atoms with Gasteiger partial charge in [0.05, 0.1) is 6.33 Å². The molecule has 0 atom stereocenters. The van der Waals surface area contributed by atoms with E-state index < -0.39 is 5.82 Å². The van der Waals surface area contributed by atoms with Gasteiger partial charge in [0.15, 0.2) is 0 Å². The first-order valence-electron chi connectivity index (χ1n) is 5.23. The molecule has 2 aromatic rings. The molecule has 0 amide bonds. The first-order valence-corrected chi connectivity index (χ1v) is 5.23. The smallest absolute Gasteiger partial charge is 0.213 e. The number of ketones is 1. The Morgan fingerprint density at radius 1 is 1.47 bits per heavy atom. The molecule has 0 saturated carbocycles. The number of aromatic nitrogens is 2. The number of hydrogen-bond donors (Lipinski definition) is 1. The van der Waals surface area contributed by atoms with Crippen LogP contribution in [-0.2, 0) is 6.54 Å². The summed E-state index contributed by atoms with van der Waals surface area (Å²) in [5.41, 5.74) is 5.98. The number of nitrogens with two attached hydrogens (primary N) is 1. The Morgan fingerprint density at radius 3 is 3.00 bits per heavy atom. The molecule has 1 heterocycles. The lowest BCUT2D eigenvalue weighted by Gasteiger charge is -1.98. The van der Waals surface area contributed by atoms with Crippen molar-refractivity contribution in [3.63, 3.8) is 0 Å². The predicted molar refractivity (Wildman–Crippen MR) is 61.1 cm³/mol. The van der Waals surface area contributed by atoms with Gasteiger partial charge in [-0.2, -0.15) is 0 Å². The highest BCUT2D eigenvalue weighted by Crippen LogP contribution is 2.09. The third kappa shape index (κ3) is 2.57. The van der Waals surface area contributed by atoms with Gasteiger partial charge in [0.1, 0.15) is 11.5 Å². The van der Waals surface area contributed by atoms with Gasteiger partial charge in [-0.15, -0.1) is 0 Å². The molecular weight excluding hydrogens is 221 g/mol. The van der Waals surface area contributed by atoms with Crippen LogP contribution in [0.4, 0.5) is 4.39 Å². The Kier molecular flexibility index (Phi) is 3.30. The largest absolute Gasteiger partial charge is 0.335 e. The van der Waals surface area contributed by atoms with E-state index >= 15 is 0 Å². The van der Waals surface area contributed by atoms with E-state index in [1.807, 2.05) is 0 Å². The molecule has 1 aromatic carbocycles. The van der Waals surface area contributed by atoms with Crippen LogP contribution in [0.2, 0.25) is 0 Å². The van der Waals surface area contributed by atoms with E-state index in [1.54, 1.807) is 23.2 Å². The van der Waals surface area contributed by atoms with Gasteiger partial charge in [0, 0.05) is 24.8 Å². The minimum Gasteiger partial charge on any atom is -0.335 e. The maximum Gasteiger partial charge on any atom is 0.213 e. The summed E-state index contributed by atoms with van der Waals surface area (Å²) in [6, 6.07) is 5.56. The van der Waals surface area contributed by atoms with E-state index in [9.17, 15) is 9.18 Å². The number of nitrogens with zero attached hydrogens (tertiary/aromatic N) is 2. The van der Waals surface area contributed by atoms with Gasteiger partial charge in [0.25, 0.3) is 0 Å². The van der Waals surface area contributed by atoms with Crippen molar-refractivity contribution in [1.29, 1.82) is 0 Å². The maximum atomic E-state index is 13.0. The molecule has 0 bridgehead atoms. The predicted octanol–water partition coefficient (Wildman–Crippen LogP) is 1.21. The first-order chi connectivity index (χ1) is 8.20. The van der Waals surface area contributed by atoms with Crippen LogP contribution < -0.4 is 5.73 Å². The first kappa shape index (κ1) is 11.5. The van der Waals surface area contributed by atoms with Crippen molar-refractivity contribution in [2.45, 2.75) is 6.54 Å². The molecule has 0 fully saturated rings. The van der Waals surface area contributed by atoms with Gasteiger partial charge in [-0.1, -0.05) is 12.1 Å². The Labute approximate surface area is 97.9 Å². The molecule has 0 saturated heterocycles. The summed E-state index contributed by atoms with van der Waals surface area (Å²) in [4.78, 5) is 15.9. The van der Waals surface area contributed by atoms with Gasteiger partial charge < -0.3 is 10.3 Å². The van der Waals surface area contributed by atoms with Crippen LogP contribution in [0.1, 0.15) is 16.1 Å². The molecule has 0 aliphatic rings. The van der Waals surface area contributed by atoms with Crippen molar-refractivity contribution < 1.29 is 9.18 Å². The zero-order valence-electron chi connectivity index (χ0n) is 9.14. The van der Waals surface area contributed by atoms with E-state index in [0.717, 1.165) is 0 Å². The van der Waals surface area contributed by atoms with Crippen molar-refractivity contribution in [1.82, 2.24) is 9.55 Å². The number of rotatable bonds is 4. The zero-order chi connectivity index (χ0) is 12.3. The Morgan fingerprint density at radius 2 is 2.29 bits per heavy atom. The quantitative estimate of drug-likeness (QED) is 0.807. The van der Waals surface area contributed by atoms with Crippen molar-refractivity contribution in [3.05, 3.63) is 53.9 Å². The van der Waals surface area contributed by atoms with Crippen molar-refractivity contribution in [2.24, 2.45) is 5.73 Å². The normalized spacial score (nSPS) is 10.5. The molecular formula is C12H12FN3O. The molecule has 2 N–H and O–H groups in total. The summed E-state index contributed by atoms with van der Waals surface area (Å²) in [6.45, 7) is 1.08. The second-order valence-corrected chi connectivity index (χ2v) is 3.62. The lowest BCUT2D eigenvalue weighted by molar-refractivity contribution is 0.103. The number of carbonyl (C=O) groups excluding carboxylic acids is 1. The fourth-order valence-electron chi connectivity index (χ4n) is 1.53. The highest BCUT2D eigenvalue weighted by atomic mass is 19.1. The summed E-state index contributed by atoms with van der Waals surface area (Å²) < 4.78 is 14.7. The summed E-state index contributed by atoms with van der Waals surface area (Å²) in [5, 5.41) is 0. The SMILES string of the molecule is NCCn1cnc(C(=O)c2cccc(F)c2)c1. The van der Waals surface area contributed by atoms with E-state index in [-0.39, 0.29) is 5.78 Å². The van der Waals surface area contributed by atoms with Gasteiger partial charge in [-0.3, -0.25) is 4.79 Å².